The highest BCUT2D eigenvalue weighted by molar-refractivity contribution is 7.80. The van der Waals surface area contributed by atoms with E-state index in [1.165, 1.54) is 25.6 Å². The third-order valence-electron chi connectivity index (χ3n) is 4.25. The van der Waals surface area contributed by atoms with E-state index in [0.717, 1.165) is 16.6 Å². The Hall–Kier alpha value is -3.24. The number of ether oxygens (including phenoxy) is 2. The number of anilines is 2. The number of rotatable bonds is 7. The molecule has 3 N–H and O–H groups in total. The molecule has 0 fully saturated rings. The molecule has 0 radical (unpaired) electrons. The van der Waals surface area contributed by atoms with Crippen molar-refractivity contribution in [2.75, 3.05) is 24.9 Å². The number of aromatic nitrogens is 1. The van der Waals surface area contributed by atoms with Gasteiger partial charge in [0.1, 0.15) is 17.1 Å². The first kappa shape index (κ1) is 22.4. The first-order chi connectivity index (χ1) is 14.9. The van der Waals surface area contributed by atoms with Gasteiger partial charge in [0.05, 0.1) is 24.4 Å². The summed E-state index contributed by atoms with van der Waals surface area (Å²) in [6.45, 7) is 1.95. The van der Waals surface area contributed by atoms with Crippen molar-refractivity contribution in [1.29, 1.82) is 0 Å². The van der Waals surface area contributed by atoms with Crippen LogP contribution in [0, 0.1) is 0 Å². The molecule has 3 aromatic rings. The second-order valence-corrected chi connectivity index (χ2v) is 7.88. The molecule has 0 aliphatic rings. The molecule has 3 rings (SSSR count). The average Bonchev–Trinajstić information content (AvgIpc) is 3.14. The number of thiocarbonyl (C=S) groups is 1. The quantitative estimate of drug-likeness (QED) is 0.457. The number of methoxy groups -OCH3 is 2. The Morgan fingerprint density at radius 3 is 2.45 bits per heavy atom. The van der Waals surface area contributed by atoms with Gasteiger partial charge < -0.3 is 20.1 Å². The molecule has 162 valence electrons. The summed E-state index contributed by atoms with van der Waals surface area (Å²) in [4.78, 5) is 28.9. The van der Waals surface area contributed by atoms with Crippen molar-refractivity contribution in [3.8, 4) is 11.5 Å². The Balaban J connectivity index is 1.70. The Kier molecular flexibility index (Phi) is 7.37. The van der Waals surface area contributed by atoms with E-state index < -0.39 is 5.91 Å². The molecule has 0 saturated carbocycles. The van der Waals surface area contributed by atoms with Crippen molar-refractivity contribution in [1.82, 2.24) is 10.3 Å². The molecule has 0 bridgehead atoms. The van der Waals surface area contributed by atoms with Gasteiger partial charge in [-0.15, -0.1) is 0 Å². The van der Waals surface area contributed by atoms with E-state index in [9.17, 15) is 9.59 Å². The monoisotopic (exact) mass is 458 g/mol. The van der Waals surface area contributed by atoms with Crippen LogP contribution in [0.4, 0.5) is 10.8 Å². The molecular formula is C21H22N4O4S2. The van der Waals surface area contributed by atoms with Crippen LogP contribution in [-0.4, -0.2) is 36.1 Å². The van der Waals surface area contributed by atoms with Gasteiger partial charge in [0, 0.05) is 12.1 Å². The zero-order valence-electron chi connectivity index (χ0n) is 17.3. The third-order valence-corrected chi connectivity index (χ3v) is 5.39. The molecule has 0 aliphatic carbocycles. The number of benzene rings is 2. The van der Waals surface area contributed by atoms with Crippen LogP contribution in [0.1, 0.15) is 30.1 Å². The number of thiazole rings is 1. The normalized spacial score (nSPS) is 10.4. The highest BCUT2D eigenvalue weighted by atomic mass is 32.1. The lowest BCUT2D eigenvalue weighted by atomic mass is 10.1. The van der Waals surface area contributed by atoms with E-state index in [-0.39, 0.29) is 16.6 Å². The predicted octanol–water partition coefficient (Wildman–Crippen LogP) is 4.18. The van der Waals surface area contributed by atoms with Crippen molar-refractivity contribution in [2.45, 2.75) is 19.8 Å². The fourth-order valence-electron chi connectivity index (χ4n) is 2.87. The highest BCUT2D eigenvalue weighted by Gasteiger charge is 2.19. The number of nitrogens with one attached hydrogen (secondary N) is 3. The number of amides is 2. The zero-order valence-corrected chi connectivity index (χ0v) is 18.9. The zero-order chi connectivity index (χ0) is 22.4. The molecule has 0 aliphatic heterocycles. The number of hydrogen-bond donors (Lipinski definition) is 3. The average molecular weight is 459 g/mol. The number of carbonyl (C=O) groups excluding carboxylic acids is 2. The van der Waals surface area contributed by atoms with Gasteiger partial charge in [0.2, 0.25) is 5.91 Å². The van der Waals surface area contributed by atoms with Gasteiger partial charge in [0.15, 0.2) is 10.2 Å². The summed E-state index contributed by atoms with van der Waals surface area (Å²) in [6, 6.07) is 10.5. The largest absolute Gasteiger partial charge is 0.496 e. The SMILES string of the molecule is CCCC(=O)Nc1nc2ccc(NC(=S)NC(=O)c3c(OC)cccc3OC)cc2s1. The van der Waals surface area contributed by atoms with Crippen LogP contribution in [0.3, 0.4) is 0 Å². The van der Waals surface area contributed by atoms with Crippen molar-refractivity contribution >= 4 is 61.5 Å². The maximum Gasteiger partial charge on any atom is 0.264 e. The van der Waals surface area contributed by atoms with E-state index in [1.807, 2.05) is 19.1 Å². The van der Waals surface area contributed by atoms with Crippen LogP contribution in [0.25, 0.3) is 10.2 Å². The second-order valence-electron chi connectivity index (χ2n) is 6.45. The molecule has 1 heterocycles. The number of nitrogens with zero attached hydrogens (tertiary/aromatic N) is 1. The minimum absolute atomic E-state index is 0.0597. The van der Waals surface area contributed by atoms with Crippen LogP contribution < -0.4 is 25.4 Å². The summed E-state index contributed by atoms with van der Waals surface area (Å²) in [5.41, 5.74) is 1.69. The maximum absolute atomic E-state index is 12.7. The molecule has 10 heteroatoms. The van der Waals surface area contributed by atoms with Crippen LogP contribution in [-0.2, 0) is 4.79 Å². The van der Waals surface area contributed by atoms with E-state index in [0.29, 0.717) is 28.7 Å². The maximum atomic E-state index is 12.7. The Labute approximate surface area is 189 Å². The lowest BCUT2D eigenvalue weighted by Gasteiger charge is -2.14. The first-order valence-electron chi connectivity index (χ1n) is 9.49. The molecule has 0 saturated heterocycles. The molecule has 31 heavy (non-hydrogen) atoms. The lowest BCUT2D eigenvalue weighted by molar-refractivity contribution is -0.116. The Morgan fingerprint density at radius 2 is 1.81 bits per heavy atom. The topological polar surface area (TPSA) is 102 Å². The van der Waals surface area contributed by atoms with E-state index in [1.54, 1.807) is 24.3 Å². The van der Waals surface area contributed by atoms with Gasteiger partial charge >= 0.3 is 0 Å². The minimum atomic E-state index is -0.452. The van der Waals surface area contributed by atoms with E-state index in [4.69, 9.17) is 21.7 Å². The molecule has 2 aromatic carbocycles. The summed E-state index contributed by atoms with van der Waals surface area (Å²) in [6.07, 6.45) is 1.22. The smallest absolute Gasteiger partial charge is 0.264 e. The number of hydrogen-bond acceptors (Lipinski definition) is 7. The molecule has 2 amide bonds. The van der Waals surface area contributed by atoms with Gasteiger partial charge in [-0.1, -0.05) is 24.3 Å². The van der Waals surface area contributed by atoms with Crippen molar-refractivity contribution < 1.29 is 19.1 Å². The number of fused-ring (bicyclic) bond motifs is 1. The van der Waals surface area contributed by atoms with E-state index in [2.05, 4.69) is 20.9 Å². The van der Waals surface area contributed by atoms with Gasteiger partial charge in [-0.25, -0.2) is 4.98 Å². The summed E-state index contributed by atoms with van der Waals surface area (Å²) in [5, 5.41) is 9.10. The van der Waals surface area contributed by atoms with Gasteiger partial charge in [-0.3, -0.25) is 14.9 Å². The lowest BCUT2D eigenvalue weighted by Crippen LogP contribution is -2.34. The summed E-state index contributed by atoms with van der Waals surface area (Å²) >= 11 is 6.66. The van der Waals surface area contributed by atoms with Gasteiger partial charge in [-0.2, -0.15) is 0 Å². The van der Waals surface area contributed by atoms with Crippen LogP contribution >= 0.6 is 23.6 Å². The highest BCUT2D eigenvalue weighted by Crippen LogP contribution is 2.29. The standard InChI is InChI=1S/C21H22N4O4S2/c1-4-6-17(26)24-21-23-13-10-9-12(11-16(13)31-21)22-20(30)25-19(27)18-14(28-2)7-5-8-15(18)29-3/h5,7-11H,4,6H2,1-3H3,(H,23,24,26)(H2,22,25,27,30). The fraction of sp³-hybridized carbons (Fsp3) is 0.238. The third kappa shape index (κ3) is 5.47. The van der Waals surface area contributed by atoms with Crippen molar-refractivity contribution in [2.24, 2.45) is 0 Å². The first-order valence-corrected chi connectivity index (χ1v) is 10.7. The summed E-state index contributed by atoms with van der Waals surface area (Å²) in [7, 11) is 2.96. The molecule has 0 unspecified atom stereocenters. The molecular weight excluding hydrogens is 436 g/mol. The predicted molar refractivity (Wildman–Crippen MR) is 126 cm³/mol. The fourth-order valence-corrected chi connectivity index (χ4v) is 4.00. The number of carbonyl (C=O) groups is 2. The van der Waals surface area contributed by atoms with Gasteiger partial charge in [0.25, 0.3) is 5.91 Å². The molecule has 1 aromatic heterocycles. The van der Waals surface area contributed by atoms with Crippen LogP contribution in [0.5, 0.6) is 11.5 Å². The Bertz CT molecular complexity index is 1110. The van der Waals surface area contributed by atoms with Crippen LogP contribution in [0.2, 0.25) is 0 Å². The summed E-state index contributed by atoms with van der Waals surface area (Å²) in [5.74, 6) is 0.244. The minimum Gasteiger partial charge on any atom is -0.496 e. The molecule has 0 spiro atoms. The Morgan fingerprint density at radius 1 is 1.10 bits per heavy atom. The van der Waals surface area contributed by atoms with Crippen molar-refractivity contribution in [3.63, 3.8) is 0 Å². The second kappa shape index (κ2) is 10.2. The summed E-state index contributed by atoms with van der Waals surface area (Å²) < 4.78 is 11.4. The van der Waals surface area contributed by atoms with E-state index >= 15 is 0 Å². The van der Waals surface area contributed by atoms with Crippen molar-refractivity contribution in [3.05, 3.63) is 42.0 Å². The molecule has 8 nitrogen and oxygen atoms in total. The molecule has 0 atom stereocenters. The van der Waals surface area contributed by atoms with Crippen LogP contribution in [0.15, 0.2) is 36.4 Å². The van der Waals surface area contributed by atoms with Gasteiger partial charge in [-0.05, 0) is 49.0 Å².